The number of aromatic nitrogens is 2. The molecule has 164 valence electrons. The van der Waals surface area contributed by atoms with Crippen LogP contribution in [-0.4, -0.2) is 14.7 Å². The molecule has 1 unspecified atom stereocenters. The minimum atomic E-state index is -0.555. The average molecular weight is 451 g/mol. The molecule has 0 fully saturated rings. The van der Waals surface area contributed by atoms with E-state index in [9.17, 15) is 5.11 Å². The van der Waals surface area contributed by atoms with Crippen molar-refractivity contribution in [2.24, 2.45) is 0 Å². The van der Waals surface area contributed by atoms with E-state index in [1.165, 1.54) is 16.7 Å². The second-order valence-corrected chi connectivity index (χ2v) is 8.97. The molecular weight excluding hydrogens is 424 g/mol. The molecule has 3 nitrogen and oxygen atoms in total. The van der Waals surface area contributed by atoms with Gasteiger partial charge in [-0.25, -0.2) is 4.98 Å². The fourth-order valence-corrected chi connectivity index (χ4v) is 5.28. The molecule has 5 rings (SSSR count). The number of aryl methyl sites for hydroxylation is 1. The van der Waals surface area contributed by atoms with Gasteiger partial charge in [0.05, 0.1) is 18.1 Å². The first-order chi connectivity index (χ1) is 16.3. The van der Waals surface area contributed by atoms with Gasteiger partial charge in [-0.1, -0.05) is 91.0 Å². The Labute approximate surface area is 198 Å². The van der Waals surface area contributed by atoms with Crippen molar-refractivity contribution in [3.05, 3.63) is 148 Å². The SMILES string of the molecule is OC(CCc1cn(C(c2ccccc2)(c2ccccc2)c2ccccc2)cn1)c1ccsc1. The Hall–Kier alpha value is -3.47. The highest BCUT2D eigenvalue weighted by Gasteiger charge is 2.38. The summed E-state index contributed by atoms with van der Waals surface area (Å²) in [6, 6.07) is 33.8. The summed E-state index contributed by atoms with van der Waals surface area (Å²) in [6.07, 6.45) is 4.94. The van der Waals surface area contributed by atoms with E-state index in [1.807, 2.05) is 23.2 Å². The lowest BCUT2D eigenvalue weighted by Gasteiger charge is -2.37. The van der Waals surface area contributed by atoms with Crippen molar-refractivity contribution < 1.29 is 5.11 Å². The maximum absolute atomic E-state index is 10.5. The largest absolute Gasteiger partial charge is 0.388 e. The summed E-state index contributed by atoms with van der Waals surface area (Å²) in [4.78, 5) is 4.77. The summed E-state index contributed by atoms with van der Waals surface area (Å²) in [5.41, 5.74) is 4.91. The Kier molecular flexibility index (Phi) is 6.20. The number of thiophene rings is 1. The Morgan fingerprint density at radius 2 is 1.33 bits per heavy atom. The maximum atomic E-state index is 10.5. The third kappa shape index (κ3) is 4.15. The van der Waals surface area contributed by atoms with E-state index in [0.717, 1.165) is 11.3 Å². The van der Waals surface area contributed by atoms with Crippen LogP contribution in [0.5, 0.6) is 0 Å². The normalized spacial score (nSPS) is 12.5. The lowest BCUT2D eigenvalue weighted by Crippen LogP contribution is -2.36. The van der Waals surface area contributed by atoms with Gasteiger partial charge in [0.2, 0.25) is 0 Å². The number of benzene rings is 3. The third-order valence-electron chi connectivity index (χ3n) is 6.20. The fourth-order valence-electron chi connectivity index (χ4n) is 4.58. The average Bonchev–Trinajstić information content (AvgIpc) is 3.59. The molecule has 4 heteroatoms. The molecular formula is C29H26N2OS. The maximum Gasteiger partial charge on any atom is 0.121 e. The summed E-state index contributed by atoms with van der Waals surface area (Å²) >= 11 is 1.61. The Bertz CT molecular complexity index is 1170. The van der Waals surface area contributed by atoms with Crippen molar-refractivity contribution >= 4 is 11.3 Å². The standard InChI is InChI=1S/C29H26N2OS/c32-28(23-18-19-33-21-23)17-16-27-20-31(22-30-27)29(24-10-4-1-5-11-24,25-12-6-2-7-13-25)26-14-8-3-9-15-26/h1-15,18-22,28,32H,16-17H2. The van der Waals surface area contributed by atoms with Crippen molar-refractivity contribution in [2.45, 2.75) is 24.5 Å². The van der Waals surface area contributed by atoms with Crippen LogP contribution in [0, 0.1) is 0 Å². The summed E-state index contributed by atoms with van der Waals surface area (Å²) < 4.78 is 2.22. The number of hydrogen-bond acceptors (Lipinski definition) is 3. The van der Waals surface area contributed by atoms with Crippen LogP contribution >= 0.6 is 11.3 Å². The van der Waals surface area contributed by atoms with Crippen LogP contribution in [0.4, 0.5) is 0 Å². The molecule has 0 spiro atoms. The Morgan fingerprint density at radius 1 is 0.788 bits per heavy atom. The van der Waals surface area contributed by atoms with Gasteiger partial charge in [0.25, 0.3) is 0 Å². The molecule has 1 N–H and O–H groups in total. The number of rotatable bonds is 8. The number of hydrogen-bond donors (Lipinski definition) is 1. The Morgan fingerprint density at radius 3 is 1.82 bits per heavy atom. The molecule has 0 aliphatic heterocycles. The van der Waals surface area contributed by atoms with E-state index in [4.69, 9.17) is 4.98 Å². The van der Waals surface area contributed by atoms with Crippen molar-refractivity contribution in [3.8, 4) is 0 Å². The summed E-state index contributed by atoms with van der Waals surface area (Å²) in [6.45, 7) is 0. The molecule has 0 radical (unpaired) electrons. The van der Waals surface area contributed by atoms with E-state index >= 15 is 0 Å². The molecule has 0 saturated heterocycles. The first kappa shape index (κ1) is 21.4. The summed E-state index contributed by atoms with van der Waals surface area (Å²) in [7, 11) is 0. The quantitative estimate of drug-likeness (QED) is 0.276. The zero-order valence-corrected chi connectivity index (χ0v) is 19.1. The second kappa shape index (κ2) is 9.57. The highest BCUT2D eigenvalue weighted by atomic mass is 32.1. The van der Waals surface area contributed by atoms with Crippen LogP contribution < -0.4 is 0 Å². The van der Waals surface area contributed by atoms with Crippen molar-refractivity contribution in [1.29, 1.82) is 0 Å². The zero-order valence-electron chi connectivity index (χ0n) is 18.3. The van der Waals surface area contributed by atoms with Crippen LogP contribution in [0.1, 0.15) is 40.5 Å². The van der Waals surface area contributed by atoms with Gasteiger partial charge in [0.1, 0.15) is 5.54 Å². The molecule has 2 heterocycles. The molecule has 0 aliphatic rings. The monoisotopic (exact) mass is 450 g/mol. The number of aliphatic hydroxyl groups excluding tert-OH is 1. The van der Waals surface area contributed by atoms with Gasteiger partial charge in [-0.15, -0.1) is 0 Å². The van der Waals surface area contributed by atoms with E-state index in [0.29, 0.717) is 12.8 Å². The summed E-state index contributed by atoms with van der Waals surface area (Å²) in [5, 5.41) is 14.6. The first-order valence-electron chi connectivity index (χ1n) is 11.2. The van der Waals surface area contributed by atoms with E-state index in [1.54, 1.807) is 11.3 Å². The van der Waals surface area contributed by atoms with Gasteiger partial charge in [-0.2, -0.15) is 11.3 Å². The predicted molar refractivity (Wildman–Crippen MR) is 134 cm³/mol. The highest BCUT2D eigenvalue weighted by molar-refractivity contribution is 7.07. The molecule has 5 aromatic rings. The number of aliphatic hydroxyl groups is 1. The van der Waals surface area contributed by atoms with E-state index < -0.39 is 11.6 Å². The smallest absolute Gasteiger partial charge is 0.121 e. The van der Waals surface area contributed by atoms with Crippen LogP contribution in [-0.2, 0) is 12.0 Å². The van der Waals surface area contributed by atoms with Gasteiger partial charge in [-0.3, -0.25) is 0 Å². The second-order valence-electron chi connectivity index (χ2n) is 8.19. The van der Waals surface area contributed by atoms with Crippen molar-refractivity contribution in [1.82, 2.24) is 9.55 Å². The van der Waals surface area contributed by atoms with Gasteiger partial charge in [0.15, 0.2) is 0 Å². The molecule has 0 saturated carbocycles. The van der Waals surface area contributed by atoms with Crippen LogP contribution in [0.2, 0.25) is 0 Å². The van der Waals surface area contributed by atoms with Gasteiger partial charge in [-0.05, 0) is 51.9 Å². The molecule has 1 atom stereocenters. The first-order valence-corrected chi connectivity index (χ1v) is 12.1. The lowest BCUT2D eigenvalue weighted by molar-refractivity contribution is 0.168. The topological polar surface area (TPSA) is 38.0 Å². The highest BCUT2D eigenvalue weighted by Crippen LogP contribution is 2.40. The third-order valence-corrected chi connectivity index (χ3v) is 6.90. The van der Waals surface area contributed by atoms with Crippen LogP contribution in [0.3, 0.4) is 0 Å². The summed E-state index contributed by atoms with van der Waals surface area (Å²) in [5.74, 6) is 0. The Balaban J connectivity index is 1.60. The van der Waals surface area contributed by atoms with Gasteiger partial charge in [0, 0.05) is 6.20 Å². The zero-order chi connectivity index (χ0) is 22.5. The fraction of sp³-hybridized carbons (Fsp3) is 0.138. The molecule has 2 aromatic heterocycles. The molecule has 0 amide bonds. The van der Waals surface area contributed by atoms with Crippen LogP contribution in [0.25, 0.3) is 0 Å². The minimum absolute atomic E-state index is 0.469. The number of nitrogens with zero attached hydrogens (tertiary/aromatic N) is 2. The molecule has 3 aromatic carbocycles. The predicted octanol–water partition coefficient (Wildman–Crippen LogP) is 6.45. The molecule has 33 heavy (non-hydrogen) atoms. The lowest BCUT2D eigenvalue weighted by atomic mass is 9.77. The molecule has 0 bridgehead atoms. The van der Waals surface area contributed by atoms with Gasteiger partial charge < -0.3 is 9.67 Å². The van der Waals surface area contributed by atoms with E-state index in [-0.39, 0.29) is 0 Å². The van der Waals surface area contributed by atoms with Crippen LogP contribution in [0.15, 0.2) is 120 Å². The van der Waals surface area contributed by atoms with Crippen molar-refractivity contribution in [2.75, 3.05) is 0 Å². The molecule has 0 aliphatic carbocycles. The number of imidazole rings is 1. The van der Waals surface area contributed by atoms with Crippen molar-refractivity contribution in [3.63, 3.8) is 0 Å². The van der Waals surface area contributed by atoms with E-state index in [2.05, 4.69) is 102 Å². The minimum Gasteiger partial charge on any atom is -0.388 e. The van der Waals surface area contributed by atoms with Gasteiger partial charge >= 0.3 is 0 Å².